The summed E-state index contributed by atoms with van der Waals surface area (Å²) >= 11 is 6.24. The third-order valence-corrected chi connectivity index (χ3v) is 7.53. The van der Waals surface area contributed by atoms with Gasteiger partial charge in [-0.05, 0) is 62.4 Å². The number of amides is 1. The Morgan fingerprint density at radius 3 is 2.32 bits per heavy atom. The molecule has 6 nitrogen and oxygen atoms in total. The van der Waals surface area contributed by atoms with Gasteiger partial charge in [0.2, 0.25) is 0 Å². The molecule has 1 aliphatic carbocycles. The van der Waals surface area contributed by atoms with Crippen LogP contribution in [0.25, 0.3) is 0 Å². The Balaban J connectivity index is 1.84. The Bertz CT molecular complexity index is 1030. The molecule has 1 N–H and O–H groups in total. The van der Waals surface area contributed by atoms with Crippen LogP contribution in [0.1, 0.15) is 50.5 Å². The first-order valence-corrected chi connectivity index (χ1v) is 12.4. The normalized spacial score (nSPS) is 15.0. The first kappa shape index (κ1) is 23.3. The summed E-state index contributed by atoms with van der Waals surface area (Å²) < 4.78 is 27.7. The number of carbonyl (C=O) groups is 1. The van der Waals surface area contributed by atoms with E-state index in [4.69, 9.17) is 11.6 Å². The van der Waals surface area contributed by atoms with Crippen molar-refractivity contribution in [2.75, 3.05) is 10.8 Å². The summed E-state index contributed by atoms with van der Waals surface area (Å²) in [6.45, 7) is 1.44. The molecule has 2 aromatic carbocycles. The number of aryl methyl sites for hydroxylation is 1. The van der Waals surface area contributed by atoms with Crippen LogP contribution in [0.3, 0.4) is 0 Å². The smallest absolute Gasteiger partial charge is 0.264 e. The third kappa shape index (κ3) is 6.31. The first-order chi connectivity index (χ1) is 14.9. The molecule has 0 aromatic heterocycles. The summed E-state index contributed by atoms with van der Waals surface area (Å²) in [5.74, 6) is -0.495. The molecule has 1 amide bonds. The summed E-state index contributed by atoms with van der Waals surface area (Å²) in [6.07, 6.45) is 7.43. The SMILES string of the molecule is Cc1ccc(N(CC(=O)NN=C2CCCCCCC2)S(=O)(=O)c2ccccc2)cc1Cl. The van der Waals surface area contributed by atoms with Crippen molar-refractivity contribution >= 4 is 38.9 Å². The van der Waals surface area contributed by atoms with Crippen molar-refractivity contribution < 1.29 is 13.2 Å². The standard InChI is InChI=1S/C23H28ClN3O3S/c1-18-14-15-20(16-22(18)24)27(31(29,30)21-12-8-5-9-13-21)17-23(28)26-25-19-10-6-3-2-4-7-11-19/h5,8-9,12-16H,2-4,6-7,10-11,17H2,1H3,(H,26,28). The van der Waals surface area contributed by atoms with Gasteiger partial charge in [0.05, 0.1) is 10.6 Å². The number of rotatable bonds is 6. The molecular formula is C23H28ClN3O3S. The number of nitrogens with one attached hydrogen (secondary N) is 1. The summed E-state index contributed by atoms with van der Waals surface area (Å²) in [7, 11) is -3.97. The van der Waals surface area contributed by atoms with E-state index < -0.39 is 22.5 Å². The predicted molar refractivity (Wildman–Crippen MR) is 125 cm³/mol. The van der Waals surface area contributed by atoms with Gasteiger partial charge in [-0.15, -0.1) is 0 Å². The van der Waals surface area contributed by atoms with Gasteiger partial charge in [0.25, 0.3) is 15.9 Å². The van der Waals surface area contributed by atoms with Gasteiger partial charge in [0.15, 0.2) is 0 Å². The molecule has 3 rings (SSSR count). The highest BCUT2D eigenvalue weighted by Crippen LogP contribution is 2.28. The van der Waals surface area contributed by atoms with E-state index in [2.05, 4.69) is 10.5 Å². The van der Waals surface area contributed by atoms with Crippen LogP contribution in [0, 0.1) is 6.92 Å². The van der Waals surface area contributed by atoms with Crippen molar-refractivity contribution in [2.45, 2.75) is 56.8 Å². The lowest BCUT2D eigenvalue weighted by atomic mass is 9.99. The van der Waals surface area contributed by atoms with Gasteiger partial charge in [-0.1, -0.05) is 55.1 Å². The number of hydrazone groups is 1. The maximum absolute atomic E-state index is 13.3. The van der Waals surface area contributed by atoms with E-state index >= 15 is 0 Å². The highest BCUT2D eigenvalue weighted by atomic mass is 35.5. The number of carbonyl (C=O) groups excluding carboxylic acids is 1. The second-order valence-corrected chi connectivity index (χ2v) is 10.0. The largest absolute Gasteiger partial charge is 0.271 e. The minimum absolute atomic E-state index is 0.103. The molecule has 1 aliphatic rings. The fourth-order valence-electron chi connectivity index (χ4n) is 3.50. The van der Waals surface area contributed by atoms with Crippen molar-refractivity contribution in [3.63, 3.8) is 0 Å². The van der Waals surface area contributed by atoms with Crippen molar-refractivity contribution in [3.8, 4) is 0 Å². The topological polar surface area (TPSA) is 78.8 Å². The lowest BCUT2D eigenvalue weighted by Crippen LogP contribution is -2.39. The zero-order chi connectivity index (χ0) is 22.3. The summed E-state index contributed by atoms with van der Waals surface area (Å²) in [6, 6.07) is 13.0. The zero-order valence-electron chi connectivity index (χ0n) is 17.7. The number of hydrogen-bond donors (Lipinski definition) is 1. The van der Waals surface area contributed by atoms with E-state index in [0.717, 1.165) is 41.3 Å². The maximum Gasteiger partial charge on any atom is 0.264 e. The first-order valence-electron chi connectivity index (χ1n) is 10.6. The average Bonchev–Trinajstić information content (AvgIpc) is 2.74. The molecule has 31 heavy (non-hydrogen) atoms. The molecule has 8 heteroatoms. The van der Waals surface area contributed by atoms with E-state index in [1.807, 2.05) is 6.92 Å². The Morgan fingerprint density at radius 1 is 1.03 bits per heavy atom. The van der Waals surface area contributed by atoms with Crippen LogP contribution in [0.15, 0.2) is 58.5 Å². The van der Waals surface area contributed by atoms with E-state index in [-0.39, 0.29) is 4.90 Å². The van der Waals surface area contributed by atoms with Gasteiger partial charge in [-0.2, -0.15) is 5.10 Å². The van der Waals surface area contributed by atoms with Gasteiger partial charge in [0, 0.05) is 10.7 Å². The van der Waals surface area contributed by atoms with Crippen LogP contribution in [-0.4, -0.2) is 26.6 Å². The molecule has 0 saturated heterocycles. The van der Waals surface area contributed by atoms with Crippen LogP contribution in [-0.2, 0) is 14.8 Å². The Kier molecular flexibility index (Phi) is 8.09. The fourth-order valence-corrected chi connectivity index (χ4v) is 5.11. The number of sulfonamides is 1. The Morgan fingerprint density at radius 2 is 1.68 bits per heavy atom. The average molecular weight is 462 g/mol. The second-order valence-electron chi connectivity index (χ2n) is 7.74. The lowest BCUT2D eigenvalue weighted by molar-refractivity contribution is -0.119. The number of nitrogens with zero attached hydrogens (tertiary/aromatic N) is 2. The second kappa shape index (κ2) is 10.8. The minimum atomic E-state index is -3.97. The fraction of sp³-hybridized carbons (Fsp3) is 0.391. The van der Waals surface area contributed by atoms with Gasteiger partial charge >= 0.3 is 0 Å². The maximum atomic E-state index is 13.3. The van der Waals surface area contributed by atoms with Crippen molar-refractivity contribution in [3.05, 3.63) is 59.1 Å². The molecule has 0 unspecified atom stereocenters. The van der Waals surface area contributed by atoms with Crippen molar-refractivity contribution in [1.82, 2.24) is 5.43 Å². The van der Waals surface area contributed by atoms with E-state index in [0.29, 0.717) is 10.7 Å². The highest BCUT2D eigenvalue weighted by Gasteiger charge is 2.27. The predicted octanol–water partition coefficient (Wildman–Crippen LogP) is 5.06. The van der Waals surface area contributed by atoms with Crippen LogP contribution in [0.2, 0.25) is 5.02 Å². The monoisotopic (exact) mass is 461 g/mol. The summed E-state index contributed by atoms with van der Waals surface area (Å²) in [5, 5.41) is 4.72. The van der Waals surface area contributed by atoms with Crippen LogP contribution >= 0.6 is 11.6 Å². The van der Waals surface area contributed by atoms with Crippen molar-refractivity contribution in [2.24, 2.45) is 5.10 Å². The Labute approximate surface area is 189 Å². The minimum Gasteiger partial charge on any atom is -0.271 e. The molecule has 0 spiro atoms. The molecule has 0 radical (unpaired) electrons. The van der Waals surface area contributed by atoms with E-state index in [1.54, 1.807) is 36.4 Å². The molecule has 1 saturated carbocycles. The molecule has 0 heterocycles. The van der Waals surface area contributed by atoms with E-state index in [9.17, 15) is 13.2 Å². The quantitative estimate of drug-likeness (QED) is 0.610. The lowest BCUT2D eigenvalue weighted by Gasteiger charge is -2.24. The molecule has 166 valence electrons. The Hall–Kier alpha value is -2.38. The zero-order valence-corrected chi connectivity index (χ0v) is 19.3. The molecule has 2 aromatic rings. The van der Waals surface area contributed by atoms with Crippen molar-refractivity contribution in [1.29, 1.82) is 0 Å². The third-order valence-electron chi connectivity index (χ3n) is 5.33. The van der Waals surface area contributed by atoms with Gasteiger partial charge in [-0.3, -0.25) is 9.10 Å². The molecule has 0 atom stereocenters. The molecule has 0 aliphatic heterocycles. The van der Waals surface area contributed by atoms with Gasteiger partial charge < -0.3 is 0 Å². The van der Waals surface area contributed by atoms with E-state index in [1.165, 1.54) is 31.4 Å². The van der Waals surface area contributed by atoms with Gasteiger partial charge in [-0.25, -0.2) is 13.8 Å². The van der Waals surface area contributed by atoms with Gasteiger partial charge in [0.1, 0.15) is 6.54 Å². The highest BCUT2D eigenvalue weighted by molar-refractivity contribution is 7.92. The molecule has 0 bridgehead atoms. The number of hydrogen-bond acceptors (Lipinski definition) is 4. The summed E-state index contributed by atoms with van der Waals surface area (Å²) in [5.41, 5.74) is 4.67. The summed E-state index contributed by atoms with van der Waals surface area (Å²) in [4.78, 5) is 12.8. The number of anilines is 1. The molecular weight excluding hydrogens is 434 g/mol. The number of benzene rings is 2. The molecule has 1 fully saturated rings. The van der Waals surface area contributed by atoms with Crippen LogP contribution < -0.4 is 9.73 Å². The van der Waals surface area contributed by atoms with Crippen LogP contribution in [0.4, 0.5) is 5.69 Å². The number of halogens is 1. The van der Waals surface area contributed by atoms with Crippen LogP contribution in [0.5, 0.6) is 0 Å².